The normalized spacial score (nSPS) is 10.8. The zero-order valence-electron chi connectivity index (χ0n) is 15.1. The highest BCUT2D eigenvalue weighted by molar-refractivity contribution is 5.96. The number of nitrogens with one attached hydrogen (secondary N) is 2. The number of benzene rings is 1. The van der Waals surface area contributed by atoms with Crippen LogP contribution in [0.3, 0.4) is 0 Å². The molecule has 5 nitrogen and oxygen atoms in total. The first-order valence-corrected chi connectivity index (χ1v) is 8.82. The standard InChI is InChI=1S/C21H23N3O2/c1-14-9-10-22-13-19(14)24-20(26)11-16-6-4-8-18-17(12-23-21(16)18)7-3-5-15(2)25/h4,6,8-10,12-13,23H,3,5,7,11H2,1-2H3,(H,24,26). The van der Waals surface area contributed by atoms with Crippen molar-refractivity contribution in [1.82, 2.24) is 9.97 Å². The van der Waals surface area contributed by atoms with Gasteiger partial charge >= 0.3 is 0 Å². The summed E-state index contributed by atoms with van der Waals surface area (Å²) in [6.07, 6.45) is 7.93. The number of amides is 1. The van der Waals surface area contributed by atoms with Crippen LogP contribution in [0.5, 0.6) is 0 Å². The molecule has 0 unspecified atom stereocenters. The number of carbonyl (C=O) groups excluding carboxylic acids is 2. The van der Waals surface area contributed by atoms with E-state index in [0.717, 1.165) is 40.6 Å². The Morgan fingerprint density at radius 2 is 2.04 bits per heavy atom. The molecule has 2 heterocycles. The Kier molecular flexibility index (Phi) is 5.46. The molecule has 2 aromatic heterocycles. The minimum Gasteiger partial charge on any atom is -0.361 e. The maximum Gasteiger partial charge on any atom is 0.228 e. The minimum absolute atomic E-state index is 0.0682. The molecule has 0 saturated heterocycles. The number of anilines is 1. The largest absolute Gasteiger partial charge is 0.361 e. The third-order valence-corrected chi connectivity index (χ3v) is 4.53. The molecule has 2 N–H and O–H groups in total. The van der Waals surface area contributed by atoms with Gasteiger partial charge in [-0.15, -0.1) is 0 Å². The molecule has 0 bridgehead atoms. The number of para-hydroxylation sites is 1. The fraction of sp³-hybridized carbons (Fsp3) is 0.286. The summed E-state index contributed by atoms with van der Waals surface area (Å²) >= 11 is 0. The van der Waals surface area contributed by atoms with Gasteiger partial charge in [0.2, 0.25) is 5.91 Å². The van der Waals surface area contributed by atoms with E-state index in [4.69, 9.17) is 0 Å². The quantitative estimate of drug-likeness (QED) is 0.678. The molecule has 0 aliphatic heterocycles. The van der Waals surface area contributed by atoms with Crippen LogP contribution in [0.25, 0.3) is 10.9 Å². The van der Waals surface area contributed by atoms with Crippen molar-refractivity contribution in [2.24, 2.45) is 0 Å². The number of aromatic amines is 1. The number of H-pyrrole nitrogens is 1. The van der Waals surface area contributed by atoms with Gasteiger partial charge in [-0.2, -0.15) is 0 Å². The first kappa shape index (κ1) is 17.9. The molecule has 1 aromatic carbocycles. The summed E-state index contributed by atoms with van der Waals surface area (Å²) in [5.41, 5.74) is 4.86. The second kappa shape index (κ2) is 7.95. The Bertz CT molecular complexity index is 943. The van der Waals surface area contributed by atoms with Crippen molar-refractivity contribution < 1.29 is 9.59 Å². The van der Waals surface area contributed by atoms with E-state index in [0.29, 0.717) is 12.8 Å². The molecule has 0 fully saturated rings. The average molecular weight is 349 g/mol. The highest BCUT2D eigenvalue weighted by Gasteiger charge is 2.12. The lowest BCUT2D eigenvalue weighted by molar-refractivity contribution is -0.117. The van der Waals surface area contributed by atoms with E-state index in [9.17, 15) is 9.59 Å². The van der Waals surface area contributed by atoms with Crippen LogP contribution in [0.15, 0.2) is 42.9 Å². The fourth-order valence-electron chi connectivity index (χ4n) is 3.12. The predicted octanol–water partition coefficient (Wildman–Crippen LogP) is 3.96. The zero-order valence-corrected chi connectivity index (χ0v) is 15.1. The smallest absolute Gasteiger partial charge is 0.228 e. The zero-order chi connectivity index (χ0) is 18.5. The van der Waals surface area contributed by atoms with Crippen molar-refractivity contribution >= 4 is 28.3 Å². The number of hydrogen-bond donors (Lipinski definition) is 2. The van der Waals surface area contributed by atoms with Crippen molar-refractivity contribution in [3.05, 3.63) is 59.5 Å². The van der Waals surface area contributed by atoms with Crippen LogP contribution in [-0.2, 0) is 22.4 Å². The van der Waals surface area contributed by atoms with E-state index < -0.39 is 0 Å². The van der Waals surface area contributed by atoms with Crippen molar-refractivity contribution in [1.29, 1.82) is 0 Å². The van der Waals surface area contributed by atoms with Crippen molar-refractivity contribution in [3.63, 3.8) is 0 Å². The van der Waals surface area contributed by atoms with Crippen molar-refractivity contribution in [2.75, 3.05) is 5.32 Å². The van der Waals surface area contributed by atoms with Gasteiger partial charge in [0.05, 0.1) is 18.3 Å². The van der Waals surface area contributed by atoms with E-state index in [-0.39, 0.29) is 11.7 Å². The third-order valence-electron chi connectivity index (χ3n) is 4.53. The van der Waals surface area contributed by atoms with Crippen LogP contribution in [0.2, 0.25) is 0 Å². The lowest BCUT2D eigenvalue weighted by Gasteiger charge is -2.08. The number of pyridine rings is 1. The lowest BCUT2D eigenvalue weighted by Crippen LogP contribution is -2.15. The third kappa shape index (κ3) is 4.17. The average Bonchev–Trinajstić information content (AvgIpc) is 3.01. The maximum absolute atomic E-state index is 12.4. The number of carbonyl (C=O) groups is 2. The summed E-state index contributed by atoms with van der Waals surface area (Å²) < 4.78 is 0. The number of nitrogens with zero attached hydrogens (tertiary/aromatic N) is 1. The van der Waals surface area contributed by atoms with Crippen LogP contribution >= 0.6 is 0 Å². The van der Waals surface area contributed by atoms with Gasteiger partial charge < -0.3 is 15.1 Å². The van der Waals surface area contributed by atoms with E-state index in [1.165, 1.54) is 5.56 Å². The molecule has 0 saturated carbocycles. The minimum atomic E-state index is -0.0682. The number of ketones is 1. The van der Waals surface area contributed by atoms with E-state index in [1.807, 2.05) is 31.3 Å². The van der Waals surface area contributed by atoms with E-state index in [2.05, 4.69) is 21.4 Å². The van der Waals surface area contributed by atoms with Gasteiger partial charge in [-0.05, 0) is 49.4 Å². The van der Waals surface area contributed by atoms with Crippen LogP contribution < -0.4 is 5.32 Å². The Balaban J connectivity index is 1.74. The second-order valence-electron chi connectivity index (χ2n) is 6.62. The number of rotatable bonds is 7. The van der Waals surface area contributed by atoms with Crippen molar-refractivity contribution in [2.45, 2.75) is 39.5 Å². The van der Waals surface area contributed by atoms with Crippen LogP contribution in [0.1, 0.15) is 36.5 Å². The molecule has 0 radical (unpaired) electrons. The number of hydrogen-bond acceptors (Lipinski definition) is 3. The first-order valence-electron chi connectivity index (χ1n) is 8.82. The van der Waals surface area contributed by atoms with Gasteiger partial charge in [-0.1, -0.05) is 18.2 Å². The highest BCUT2D eigenvalue weighted by atomic mass is 16.1. The topological polar surface area (TPSA) is 74.8 Å². The van der Waals surface area contributed by atoms with Crippen LogP contribution in [0.4, 0.5) is 5.69 Å². The van der Waals surface area contributed by atoms with Gasteiger partial charge in [0, 0.05) is 29.7 Å². The summed E-state index contributed by atoms with van der Waals surface area (Å²) in [5, 5.41) is 4.05. The monoisotopic (exact) mass is 349 g/mol. The van der Waals surface area contributed by atoms with Gasteiger partial charge in [0.1, 0.15) is 5.78 Å². The molecule has 5 heteroatoms. The number of aryl methyl sites for hydroxylation is 2. The van der Waals surface area contributed by atoms with E-state index in [1.54, 1.807) is 19.3 Å². The molecule has 0 spiro atoms. The van der Waals surface area contributed by atoms with Gasteiger partial charge in [0.25, 0.3) is 0 Å². The van der Waals surface area contributed by atoms with Crippen LogP contribution in [0, 0.1) is 6.92 Å². The molecule has 134 valence electrons. The summed E-state index contributed by atoms with van der Waals surface area (Å²) in [5.74, 6) is 0.147. The molecular formula is C21H23N3O2. The van der Waals surface area contributed by atoms with Crippen LogP contribution in [-0.4, -0.2) is 21.7 Å². The maximum atomic E-state index is 12.4. The predicted molar refractivity (Wildman–Crippen MR) is 103 cm³/mol. The summed E-state index contributed by atoms with van der Waals surface area (Å²) in [6.45, 7) is 3.56. The molecule has 1 amide bonds. The Morgan fingerprint density at radius 3 is 2.81 bits per heavy atom. The number of fused-ring (bicyclic) bond motifs is 1. The summed E-state index contributed by atoms with van der Waals surface area (Å²) in [6, 6.07) is 7.87. The molecule has 0 aliphatic rings. The SMILES string of the molecule is CC(=O)CCCc1c[nH]c2c(CC(=O)Nc3cnccc3C)cccc12. The second-order valence-corrected chi connectivity index (χ2v) is 6.62. The molecule has 0 atom stereocenters. The Morgan fingerprint density at radius 1 is 1.19 bits per heavy atom. The Labute approximate surface area is 152 Å². The van der Waals surface area contributed by atoms with Gasteiger partial charge in [-0.3, -0.25) is 9.78 Å². The highest BCUT2D eigenvalue weighted by Crippen LogP contribution is 2.24. The molecule has 0 aliphatic carbocycles. The van der Waals surface area contributed by atoms with Gasteiger partial charge in [0.15, 0.2) is 0 Å². The van der Waals surface area contributed by atoms with Crippen molar-refractivity contribution in [3.8, 4) is 0 Å². The number of Topliss-reactive ketones (excluding diaryl/α,β-unsaturated/α-hetero) is 1. The molecule has 26 heavy (non-hydrogen) atoms. The summed E-state index contributed by atoms with van der Waals surface area (Å²) in [4.78, 5) is 30.9. The fourth-order valence-corrected chi connectivity index (χ4v) is 3.12. The van der Waals surface area contributed by atoms with E-state index >= 15 is 0 Å². The first-order chi connectivity index (χ1) is 12.5. The molecular weight excluding hydrogens is 326 g/mol. The molecule has 3 aromatic rings. The van der Waals surface area contributed by atoms with Gasteiger partial charge in [-0.25, -0.2) is 0 Å². The summed E-state index contributed by atoms with van der Waals surface area (Å²) in [7, 11) is 0. The Hall–Kier alpha value is -2.95. The number of aromatic nitrogens is 2. The lowest BCUT2D eigenvalue weighted by atomic mass is 10.0. The molecule has 3 rings (SSSR count).